The lowest BCUT2D eigenvalue weighted by Gasteiger charge is -2.03. The maximum Gasteiger partial charge on any atom is 0.338 e. The van der Waals surface area contributed by atoms with Crippen LogP contribution in [0.5, 0.6) is 0 Å². The molecule has 3 heteroatoms. The summed E-state index contributed by atoms with van der Waals surface area (Å²) in [5, 5.41) is 0.996. The zero-order valence-electron chi connectivity index (χ0n) is 9.54. The van der Waals surface area contributed by atoms with Crippen LogP contribution in [-0.2, 0) is 11.2 Å². The van der Waals surface area contributed by atoms with Gasteiger partial charge in [-0.1, -0.05) is 19.4 Å². The smallest absolute Gasteiger partial charge is 0.338 e. The minimum Gasteiger partial charge on any atom is -0.465 e. The summed E-state index contributed by atoms with van der Waals surface area (Å²) >= 11 is 0. The molecule has 0 bridgehead atoms. The van der Waals surface area contributed by atoms with Gasteiger partial charge in [-0.15, -0.1) is 0 Å². The largest absolute Gasteiger partial charge is 0.465 e. The molecule has 1 heterocycles. The van der Waals surface area contributed by atoms with E-state index in [1.807, 2.05) is 18.3 Å². The van der Waals surface area contributed by atoms with Gasteiger partial charge < -0.3 is 9.72 Å². The van der Waals surface area contributed by atoms with E-state index >= 15 is 0 Å². The van der Waals surface area contributed by atoms with E-state index in [1.165, 1.54) is 12.7 Å². The van der Waals surface area contributed by atoms with Gasteiger partial charge in [-0.2, -0.15) is 0 Å². The predicted molar refractivity (Wildman–Crippen MR) is 63.6 cm³/mol. The maximum absolute atomic E-state index is 11.6. The van der Waals surface area contributed by atoms with Gasteiger partial charge in [-0.3, -0.25) is 0 Å². The number of nitrogens with one attached hydrogen (secondary N) is 1. The number of hydrogen-bond acceptors (Lipinski definition) is 2. The van der Waals surface area contributed by atoms with Crippen LogP contribution < -0.4 is 0 Å². The Morgan fingerprint density at radius 1 is 1.44 bits per heavy atom. The first-order chi connectivity index (χ1) is 7.77. The lowest BCUT2D eigenvalue weighted by Crippen LogP contribution is -2.02. The second kappa shape index (κ2) is 4.39. The molecule has 2 aromatic rings. The highest BCUT2D eigenvalue weighted by Crippen LogP contribution is 2.24. The van der Waals surface area contributed by atoms with Crippen molar-refractivity contribution in [1.29, 1.82) is 0 Å². The standard InChI is InChI=1S/C13H15NO2/c1-3-5-9-8-14-11-7-4-6-10(12(9)11)13(15)16-2/h4,6-8,14H,3,5H2,1-2H3. The van der Waals surface area contributed by atoms with Crippen molar-refractivity contribution < 1.29 is 9.53 Å². The van der Waals surface area contributed by atoms with E-state index in [4.69, 9.17) is 4.74 Å². The number of carbonyl (C=O) groups excluding carboxylic acids is 1. The fourth-order valence-electron chi connectivity index (χ4n) is 2.00. The lowest BCUT2D eigenvalue weighted by atomic mass is 10.0. The van der Waals surface area contributed by atoms with Crippen LogP contribution in [0.1, 0.15) is 29.3 Å². The summed E-state index contributed by atoms with van der Waals surface area (Å²) in [4.78, 5) is 14.8. The molecule has 0 aliphatic rings. The molecule has 0 radical (unpaired) electrons. The van der Waals surface area contributed by atoms with Crippen molar-refractivity contribution in [3.05, 3.63) is 35.5 Å². The van der Waals surface area contributed by atoms with E-state index in [2.05, 4.69) is 11.9 Å². The third-order valence-corrected chi connectivity index (χ3v) is 2.71. The quantitative estimate of drug-likeness (QED) is 0.803. The predicted octanol–water partition coefficient (Wildman–Crippen LogP) is 2.91. The number of aromatic nitrogens is 1. The zero-order chi connectivity index (χ0) is 11.5. The van der Waals surface area contributed by atoms with Gasteiger partial charge >= 0.3 is 5.97 Å². The number of aryl methyl sites for hydroxylation is 1. The number of H-pyrrole nitrogens is 1. The van der Waals surface area contributed by atoms with Crippen LogP contribution in [0.2, 0.25) is 0 Å². The van der Waals surface area contributed by atoms with Crippen molar-refractivity contribution in [2.24, 2.45) is 0 Å². The molecule has 0 atom stereocenters. The third kappa shape index (κ3) is 1.69. The van der Waals surface area contributed by atoms with Gasteiger partial charge in [0.2, 0.25) is 0 Å². The zero-order valence-corrected chi connectivity index (χ0v) is 9.54. The molecule has 84 valence electrons. The van der Waals surface area contributed by atoms with Crippen molar-refractivity contribution in [3.63, 3.8) is 0 Å². The van der Waals surface area contributed by atoms with E-state index in [1.54, 1.807) is 6.07 Å². The molecule has 0 amide bonds. The lowest BCUT2D eigenvalue weighted by molar-refractivity contribution is 0.0603. The highest BCUT2D eigenvalue weighted by Gasteiger charge is 2.13. The number of esters is 1. The average Bonchev–Trinajstić information content (AvgIpc) is 2.72. The molecule has 1 aromatic carbocycles. The SMILES string of the molecule is CCCc1c[nH]c2cccc(C(=O)OC)c12. The number of benzene rings is 1. The molecular formula is C13H15NO2. The van der Waals surface area contributed by atoms with Gasteiger partial charge in [-0.25, -0.2) is 4.79 Å². The fraction of sp³-hybridized carbons (Fsp3) is 0.308. The molecule has 0 aliphatic heterocycles. The molecule has 1 aromatic heterocycles. The monoisotopic (exact) mass is 217 g/mol. The Hall–Kier alpha value is -1.77. The number of aromatic amines is 1. The molecule has 0 saturated heterocycles. The van der Waals surface area contributed by atoms with Gasteiger partial charge in [0.25, 0.3) is 0 Å². The molecule has 0 spiro atoms. The van der Waals surface area contributed by atoms with Crippen molar-refractivity contribution in [2.75, 3.05) is 7.11 Å². The number of hydrogen-bond donors (Lipinski definition) is 1. The van der Waals surface area contributed by atoms with Gasteiger partial charge in [0.05, 0.1) is 12.7 Å². The second-order valence-corrected chi connectivity index (χ2v) is 3.78. The van der Waals surface area contributed by atoms with Gasteiger partial charge in [0.15, 0.2) is 0 Å². The highest BCUT2D eigenvalue weighted by molar-refractivity contribution is 6.05. The number of ether oxygens (including phenoxy) is 1. The van der Waals surface area contributed by atoms with Crippen molar-refractivity contribution >= 4 is 16.9 Å². The highest BCUT2D eigenvalue weighted by atomic mass is 16.5. The van der Waals surface area contributed by atoms with Gasteiger partial charge in [0, 0.05) is 17.1 Å². The molecule has 2 rings (SSSR count). The van der Waals surface area contributed by atoms with Crippen LogP contribution in [0.3, 0.4) is 0 Å². The van der Waals surface area contributed by atoms with Crippen LogP contribution in [0.25, 0.3) is 10.9 Å². The molecule has 3 nitrogen and oxygen atoms in total. The average molecular weight is 217 g/mol. The van der Waals surface area contributed by atoms with Crippen LogP contribution in [0.15, 0.2) is 24.4 Å². The number of methoxy groups -OCH3 is 1. The topological polar surface area (TPSA) is 42.1 Å². The fourth-order valence-corrected chi connectivity index (χ4v) is 2.00. The van der Waals surface area contributed by atoms with E-state index < -0.39 is 0 Å². The molecule has 0 saturated carbocycles. The Bertz CT molecular complexity index is 514. The van der Waals surface area contributed by atoms with E-state index in [9.17, 15) is 4.79 Å². The summed E-state index contributed by atoms with van der Waals surface area (Å²) in [6, 6.07) is 5.64. The van der Waals surface area contributed by atoms with E-state index in [0.29, 0.717) is 5.56 Å². The Labute approximate surface area is 94.4 Å². The molecule has 0 fully saturated rings. The summed E-state index contributed by atoms with van der Waals surface area (Å²) in [6.07, 6.45) is 4.00. The molecule has 0 unspecified atom stereocenters. The molecule has 16 heavy (non-hydrogen) atoms. The van der Waals surface area contributed by atoms with Crippen LogP contribution in [-0.4, -0.2) is 18.1 Å². The number of rotatable bonds is 3. The Kier molecular flexibility index (Phi) is 2.95. The summed E-state index contributed by atoms with van der Waals surface area (Å²) in [5.41, 5.74) is 2.81. The first-order valence-corrected chi connectivity index (χ1v) is 5.45. The van der Waals surface area contributed by atoms with Crippen LogP contribution in [0.4, 0.5) is 0 Å². The summed E-state index contributed by atoms with van der Waals surface area (Å²) in [7, 11) is 1.41. The second-order valence-electron chi connectivity index (χ2n) is 3.78. The van der Waals surface area contributed by atoms with Crippen molar-refractivity contribution in [1.82, 2.24) is 4.98 Å². The molecule has 1 N–H and O–H groups in total. The first kappa shape index (κ1) is 10.7. The number of fused-ring (bicyclic) bond motifs is 1. The Morgan fingerprint density at radius 3 is 2.94 bits per heavy atom. The van der Waals surface area contributed by atoms with Crippen molar-refractivity contribution in [3.8, 4) is 0 Å². The van der Waals surface area contributed by atoms with Gasteiger partial charge in [-0.05, 0) is 24.1 Å². The Morgan fingerprint density at radius 2 is 2.25 bits per heavy atom. The third-order valence-electron chi connectivity index (χ3n) is 2.71. The summed E-state index contributed by atoms with van der Waals surface area (Å²) in [6.45, 7) is 2.12. The molecule has 0 aliphatic carbocycles. The van der Waals surface area contributed by atoms with Gasteiger partial charge in [0.1, 0.15) is 0 Å². The summed E-state index contributed by atoms with van der Waals surface area (Å²) < 4.78 is 4.79. The minimum atomic E-state index is -0.275. The minimum absolute atomic E-state index is 0.275. The van der Waals surface area contributed by atoms with E-state index in [-0.39, 0.29) is 5.97 Å². The first-order valence-electron chi connectivity index (χ1n) is 5.45. The van der Waals surface area contributed by atoms with Crippen LogP contribution in [0, 0.1) is 0 Å². The van der Waals surface area contributed by atoms with E-state index in [0.717, 1.165) is 23.7 Å². The number of carbonyl (C=O) groups is 1. The maximum atomic E-state index is 11.6. The van der Waals surface area contributed by atoms with Crippen molar-refractivity contribution in [2.45, 2.75) is 19.8 Å². The Balaban J connectivity index is 2.63. The molecular weight excluding hydrogens is 202 g/mol. The normalized spacial score (nSPS) is 10.6. The summed E-state index contributed by atoms with van der Waals surface area (Å²) in [5.74, 6) is -0.275. The van der Waals surface area contributed by atoms with Crippen LogP contribution >= 0.6 is 0 Å².